The summed E-state index contributed by atoms with van der Waals surface area (Å²) in [6, 6.07) is -0.999. The molecule has 2 aliphatic rings. The fourth-order valence-electron chi connectivity index (χ4n) is 2.92. The van der Waals surface area contributed by atoms with Crippen LogP contribution in [0.3, 0.4) is 0 Å². The van der Waals surface area contributed by atoms with Gasteiger partial charge in [0.2, 0.25) is 0 Å². The molecule has 2 atom stereocenters. The first-order valence-electron chi connectivity index (χ1n) is 9.18. The number of β-lactam (4-membered cyclic amide) rings is 1. The van der Waals surface area contributed by atoms with Crippen LogP contribution in [0.5, 0.6) is 0 Å². The smallest absolute Gasteiger partial charge is 0.404 e. The molecule has 3 rings (SSSR count). The molecule has 2 aliphatic heterocycles. The first-order chi connectivity index (χ1) is 15.1. The molecule has 0 spiro atoms. The average molecular weight is 485 g/mol. The SMILES string of the molecule is CC(C)ON=C(C(=O)NC1C(=O)N2C(C(=O)O)=C(COC(N)=O)CS[C@@H]12)c1csc(N)n1. The van der Waals surface area contributed by atoms with Gasteiger partial charge in [-0.1, -0.05) is 5.16 Å². The molecule has 0 bridgehead atoms. The summed E-state index contributed by atoms with van der Waals surface area (Å²) in [7, 11) is 0. The number of aromatic nitrogens is 1. The summed E-state index contributed by atoms with van der Waals surface area (Å²) in [5.41, 5.74) is 10.5. The molecule has 15 heteroatoms. The highest BCUT2D eigenvalue weighted by atomic mass is 32.2. The molecule has 3 heterocycles. The van der Waals surface area contributed by atoms with Crippen LogP contribution in [-0.4, -0.2) is 74.5 Å². The lowest BCUT2D eigenvalue weighted by Crippen LogP contribution is -2.71. The number of thiazole rings is 1. The molecule has 1 saturated heterocycles. The number of hydrogen-bond donors (Lipinski definition) is 4. The molecule has 172 valence electrons. The Morgan fingerprint density at radius 1 is 1.44 bits per heavy atom. The van der Waals surface area contributed by atoms with Gasteiger partial charge in [0.1, 0.15) is 35.5 Å². The van der Waals surface area contributed by atoms with E-state index < -0.39 is 35.3 Å². The number of nitrogen functional groups attached to an aromatic ring is 1. The number of carbonyl (C=O) groups excluding carboxylic acids is 3. The third-order valence-corrected chi connectivity index (χ3v) is 6.27. The quantitative estimate of drug-likeness (QED) is 0.215. The molecule has 0 radical (unpaired) electrons. The van der Waals surface area contributed by atoms with Crippen molar-refractivity contribution in [2.24, 2.45) is 10.9 Å². The van der Waals surface area contributed by atoms with Crippen molar-refractivity contribution in [2.45, 2.75) is 31.4 Å². The predicted octanol–water partition coefficient (Wildman–Crippen LogP) is -0.312. The van der Waals surface area contributed by atoms with Gasteiger partial charge in [-0.2, -0.15) is 0 Å². The number of nitrogens with zero attached hydrogens (tertiary/aromatic N) is 3. The van der Waals surface area contributed by atoms with Crippen molar-refractivity contribution < 1.29 is 33.9 Å². The molecule has 3 amide bonds. The number of nitrogens with one attached hydrogen (secondary N) is 1. The van der Waals surface area contributed by atoms with E-state index in [9.17, 15) is 24.3 Å². The second kappa shape index (κ2) is 9.44. The molecule has 13 nitrogen and oxygen atoms in total. The fraction of sp³-hybridized carbons (Fsp3) is 0.412. The van der Waals surface area contributed by atoms with Crippen molar-refractivity contribution >= 4 is 57.8 Å². The summed E-state index contributed by atoms with van der Waals surface area (Å²) in [6.07, 6.45) is -1.37. The van der Waals surface area contributed by atoms with Crippen LogP contribution in [0.1, 0.15) is 19.5 Å². The van der Waals surface area contributed by atoms with Gasteiger partial charge in [-0.25, -0.2) is 14.6 Å². The van der Waals surface area contributed by atoms with Crippen LogP contribution in [0.4, 0.5) is 9.93 Å². The Balaban J connectivity index is 1.78. The van der Waals surface area contributed by atoms with E-state index in [0.29, 0.717) is 0 Å². The van der Waals surface area contributed by atoms with E-state index in [1.807, 2.05) is 0 Å². The second-order valence-electron chi connectivity index (χ2n) is 6.89. The lowest BCUT2D eigenvalue weighted by atomic mass is 10.0. The van der Waals surface area contributed by atoms with Crippen LogP contribution in [0.2, 0.25) is 0 Å². The number of carboxylic acids is 1. The van der Waals surface area contributed by atoms with Crippen molar-refractivity contribution in [1.29, 1.82) is 0 Å². The van der Waals surface area contributed by atoms with Crippen LogP contribution in [0, 0.1) is 0 Å². The van der Waals surface area contributed by atoms with Gasteiger partial charge < -0.3 is 31.5 Å². The summed E-state index contributed by atoms with van der Waals surface area (Å²) in [4.78, 5) is 58.4. The number of thioether (sulfide) groups is 1. The number of ether oxygens (including phenoxy) is 1. The largest absolute Gasteiger partial charge is 0.477 e. The minimum atomic E-state index is -1.36. The zero-order chi connectivity index (χ0) is 23.6. The van der Waals surface area contributed by atoms with E-state index in [2.05, 4.69) is 20.2 Å². The Labute approximate surface area is 189 Å². The second-order valence-corrected chi connectivity index (χ2v) is 8.89. The number of primary amides is 1. The molecular formula is C17H20N6O7S2. The maximum Gasteiger partial charge on any atom is 0.404 e. The molecule has 0 aromatic carbocycles. The zero-order valence-electron chi connectivity index (χ0n) is 16.9. The van der Waals surface area contributed by atoms with Gasteiger partial charge in [0.15, 0.2) is 10.8 Å². The Bertz CT molecular complexity index is 1020. The third kappa shape index (κ3) is 4.77. The van der Waals surface area contributed by atoms with Gasteiger partial charge in [0.25, 0.3) is 11.8 Å². The van der Waals surface area contributed by atoms with Gasteiger partial charge in [-0.3, -0.25) is 14.5 Å². The van der Waals surface area contributed by atoms with Gasteiger partial charge in [0.05, 0.1) is 0 Å². The molecule has 6 N–H and O–H groups in total. The highest BCUT2D eigenvalue weighted by Crippen LogP contribution is 2.40. The number of rotatable bonds is 8. The predicted molar refractivity (Wildman–Crippen MR) is 115 cm³/mol. The van der Waals surface area contributed by atoms with Crippen LogP contribution < -0.4 is 16.8 Å². The number of anilines is 1. The van der Waals surface area contributed by atoms with E-state index in [1.54, 1.807) is 13.8 Å². The van der Waals surface area contributed by atoms with Crippen molar-refractivity contribution in [3.8, 4) is 0 Å². The molecular weight excluding hydrogens is 464 g/mol. The van der Waals surface area contributed by atoms with E-state index in [-0.39, 0.29) is 46.3 Å². The van der Waals surface area contributed by atoms with Crippen molar-refractivity contribution in [3.63, 3.8) is 0 Å². The van der Waals surface area contributed by atoms with E-state index >= 15 is 0 Å². The maximum atomic E-state index is 12.9. The number of amides is 3. The average Bonchev–Trinajstić information content (AvgIpc) is 3.15. The summed E-state index contributed by atoms with van der Waals surface area (Å²) >= 11 is 2.32. The molecule has 1 fully saturated rings. The summed E-state index contributed by atoms with van der Waals surface area (Å²) in [5, 5.41) is 17.1. The molecule has 1 aromatic rings. The number of carbonyl (C=O) groups is 4. The Kier molecular flexibility index (Phi) is 6.88. The fourth-order valence-corrected chi connectivity index (χ4v) is 4.80. The first kappa shape index (κ1) is 23.3. The van der Waals surface area contributed by atoms with E-state index in [1.165, 1.54) is 17.1 Å². The number of hydrogen-bond acceptors (Lipinski definition) is 11. The Morgan fingerprint density at radius 2 is 2.16 bits per heavy atom. The topological polar surface area (TPSA) is 200 Å². The van der Waals surface area contributed by atoms with Crippen LogP contribution in [0.25, 0.3) is 0 Å². The van der Waals surface area contributed by atoms with Crippen LogP contribution in [-0.2, 0) is 24.0 Å². The molecule has 0 aliphatic carbocycles. The number of nitrogens with two attached hydrogens (primary N) is 2. The highest BCUT2D eigenvalue weighted by Gasteiger charge is 2.54. The Morgan fingerprint density at radius 3 is 2.72 bits per heavy atom. The summed E-state index contributed by atoms with van der Waals surface area (Å²) in [5.74, 6) is -2.55. The maximum absolute atomic E-state index is 12.9. The van der Waals surface area contributed by atoms with Crippen LogP contribution in [0.15, 0.2) is 21.8 Å². The lowest BCUT2D eigenvalue weighted by molar-refractivity contribution is -0.150. The monoisotopic (exact) mass is 484 g/mol. The minimum Gasteiger partial charge on any atom is -0.477 e. The molecule has 32 heavy (non-hydrogen) atoms. The van der Waals surface area contributed by atoms with Crippen molar-refractivity contribution in [2.75, 3.05) is 18.1 Å². The number of oxime groups is 1. The zero-order valence-corrected chi connectivity index (χ0v) is 18.6. The lowest BCUT2D eigenvalue weighted by Gasteiger charge is -2.49. The molecule has 0 saturated carbocycles. The first-order valence-corrected chi connectivity index (χ1v) is 11.1. The minimum absolute atomic E-state index is 0.162. The standard InChI is InChI=1S/C17H20N6O7S2/c1-6(2)30-22-9(8-5-32-16(18)20-8)12(24)21-10-13(25)23-11(15(26)27)7(3-29-17(19)28)4-31-14(10)23/h5-6,10,14H,3-4H2,1-2H3,(H2,18,20)(H2,19,28)(H,21,24)(H,26,27)/t10?,14-/m0/s1. The van der Waals surface area contributed by atoms with Gasteiger partial charge in [-0.15, -0.1) is 23.1 Å². The molecule has 1 unspecified atom stereocenters. The van der Waals surface area contributed by atoms with E-state index in [4.69, 9.17) is 16.3 Å². The van der Waals surface area contributed by atoms with Crippen LogP contribution >= 0.6 is 23.1 Å². The van der Waals surface area contributed by atoms with Gasteiger partial charge in [-0.05, 0) is 13.8 Å². The number of fused-ring (bicyclic) bond motifs is 1. The van der Waals surface area contributed by atoms with Crippen molar-refractivity contribution in [3.05, 3.63) is 22.3 Å². The third-order valence-electron chi connectivity index (χ3n) is 4.26. The highest BCUT2D eigenvalue weighted by molar-refractivity contribution is 8.00. The number of carboxylic acid groups (broad SMARTS) is 1. The van der Waals surface area contributed by atoms with E-state index in [0.717, 1.165) is 16.2 Å². The van der Waals surface area contributed by atoms with Gasteiger partial charge >= 0.3 is 12.1 Å². The number of aliphatic carboxylic acids is 1. The van der Waals surface area contributed by atoms with Gasteiger partial charge in [0, 0.05) is 16.7 Å². The van der Waals surface area contributed by atoms with Crippen molar-refractivity contribution in [1.82, 2.24) is 15.2 Å². The summed E-state index contributed by atoms with van der Waals surface area (Å²) in [6.45, 7) is 3.09. The summed E-state index contributed by atoms with van der Waals surface area (Å²) < 4.78 is 4.68. The Hall–Kier alpha value is -3.33. The molecule has 1 aromatic heterocycles. The normalized spacial score (nSPS) is 20.5.